The average Bonchev–Trinajstić information content (AvgIpc) is 2.70. The van der Waals surface area contributed by atoms with Gasteiger partial charge in [0.15, 0.2) is 0 Å². The minimum Gasteiger partial charge on any atom is -0.323 e. The normalized spacial score (nSPS) is 19.9. The van der Waals surface area contributed by atoms with Gasteiger partial charge in [0.05, 0.1) is 27.3 Å². The third kappa shape index (κ3) is 4.02. The number of amides is 2. The third-order valence-electron chi connectivity index (χ3n) is 5.28. The maximum Gasteiger partial charge on any atom is 0.244 e. The zero-order valence-electron chi connectivity index (χ0n) is 15.3. The minimum atomic E-state index is -0.157. The Labute approximate surface area is 174 Å². The quantitative estimate of drug-likeness (QED) is 0.814. The number of para-hydroxylation sites is 2. The highest BCUT2D eigenvalue weighted by atomic mass is 35.5. The van der Waals surface area contributed by atoms with Crippen LogP contribution in [0.2, 0.25) is 10.0 Å². The lowest BCUT2D eigenvalue weighted by molar-refractivity contribution is -0.126. The molecule has 1 N–H and O–H groups in total. The first-order chi connectivity index (χ1) is 13.5. The van der Waals surface area contributed by atoms with Crippen molar-refractivity contribution in [3.8, 4) is 0 Å². The summed E-state index contributed by atoms with van der Waals surface area (Å²) in [7, 11) is 0. The van der Waals surface area contributed by atoms with E-state index in [0.717, 1.165) is 37.2 Å². The molecule has 28 heavy (non-hydrogen) atoms. The van der Waals surface area contributed by atoms with Gasteiger partial charge in [-0.15, -0.1) is 0 Å². The number of carbonyl (C=O) groups is 2. The maximum absolute atomic E-state index is 13.2. The fourth-order valence-electron chi connectivity index (χ4n) is 3.95. The molecule has 0 aromatic heterocycles. The predicted octanol–water partition coefficient (Wildman–Crippen LogP) is 4.19. The van der Waals surface area contributed by atoms with Gasteiger partial charge in [-0.3, -0.25) is 14.5 Å². The summed E-state index contributed by atoms with van der Waals surface area (Å²) in [5.74, 6) is -0.271. The van der Waals surface area contributed by atoms with Crippen molar-refractivity contribution in [3.63, 3.8) is 0 Å². The number of rotatable bonds is 3. The Balaban J connectivity index is 1.48. The van der Waals surface area contributed by atoms with E-state index in [1.54, 1.807) is 11.0 Å². The van der Waals surface area contributed by atoms with Crippen molar-refractivity contribution in [1.29, 1.82) is 0 Å². The molecule has 2 aromatic rings. The van der Waals surface area contributed by atoms with Crippen molar-refractivity contribution in [2.75, 3.05) is 29.9 Å². The Kier molecular flexibility index (Phi) is 5.58. The molecule has 7 heteroatoms. The average molecular weight is 418 g/mol. The summed E-state index contributed by atoms with van der Waals surface area (Å²) in [6.45, 7) is 2.39. The highest BCUT2D eigenvalue weighted by Crippen LogP contribution is 2.32. The summed E-state index contributed by atoms with van der Waals surface area (Å²) >= 11 is 12.1. The van der Waals surface area contributed by atoms with Crippen LogP contribution in [0.1, 0.15) is 18.4 Å². The Bertz CT molecular complexity index is 918. The second kappa shape index (κ2) is 8.11. The number of piperidine rings is 1. The molecule has 2 aliphatic heterocycles. The monoisotopic (exact) mass is 417 g/mol. The summed E-state index contributed by atoms with van der Waals surface area (Å²) in [5, 5.41) is 3.91. The number of hydrogen-bond donors (Lipinski definition) is 1. The Morgan fingerprint density at radius 3 is 2.79 bits per heavy atom. The largest absolute Gasteiger partial charge is 0.323 e. The van der Waals surface area contributed by atoms with Gasteiger partial charge >= 0.3 is 0 Å². The van der Waals surface area contributed by atoms with Gasteiger partial charge in [0, 0.05) is 13.1 Å². The number of halogens is 2. The summed E-state index contributed by atoms with van der Waals surface area (Å²) in [6.07, 6.45) is 1.77. The van der Waals surface area contributed by atoms with Crippen LogP contribution < -0.4 is 10.2 Å². The number of hydrogen-bond acceptors (Lipinski definition) is 3. The molecule has 4 rings (SSSR count). The van der Waals surface area contributed by atoms with Crippen molar-refractivity contribution in [3.05, 3.63) is 58.1 Å². The molecule has 0 aliphatic carbocycles. The molecule has 1 unspecified atom stereocenters. The minimum absolute atomic E-state index is 0.0149. The molecule has 2 aromatic carbocycles. The molecule has 0 radical (unpaired) electrons. The van der Waals surface area contributed by atoms with Crippen LogP contribution >= 0.6 is 23.2 Å². The van der Waals surface area contributed by atoms with Gasteiger partial charge in [-0.25, -0.2) is 0 Å². The molecule has 1 atom stereocenters. The molecule has 0 spiro atoms. The smallest absolute Gasteiger partial charge is 0.244 e. The van der Waals surface area contributed by atoms with Crippen molar-refractivity contribution >= 4 is 46.4 Å². The Hall–Kier alpha value is -2.08. The Morgan fingerprint density at radius 1 is 1.14 bits per heavy atom. The summed E-state index contributed by atoms with van der Waals surface area (Å²) in [5.41, 5.74) is 2.54. The van der Waals surface area contributed by atoms with E-state index in [0.29, 0.717) is 22.3 Å². The van der Waals surface area contributed by atoms with E-state index in [1.165, 1.54) is 0 Å². The first-order valence-electron chi connectivity index (χ1n) is 9.38. The van der Waals surface area contributed by atoms with Gasteiger partial charge in [0.25, 0.3) is 0 Å². The van der Waals surface area contributed by atoms with Crippen LogP contribution in [0.4, 0.5) is 11.4 Å². The summed E-state index contributed by atoms with van der Waals surface area (Å²) < 4.78 is 0. The van der Waals surface area contributed by atoms with E-state index in [-0.39, 0.29) is 24.3 Å². The standard InChI is InChI=1S/C21H21Cl2N3O2/c22-16-8-7-14(10-17(16)23)11-25-9-3-4-15(12-25)21(28)26-13-20(27)24-18-5-1-2-6-19(18)26/h1-2,5-8,10,15H,3-4,9,11-13H2,(H,24,27). The number of fused-ring (bicyclic) bond motifs is 1. The van der Waals surface area contributed by atoms with Crippen LogP contribution in [0, 0.1) is 5.92 Å². The molecular formula is C21H21Cl2N3O2. The van der Waals surface area contributed by atoms with Crippen molar-refractivity contribution in [1.82, 2.24) is 4.90 Å². The van der Waals surface area contributed by atoms with Gasteiger partial charge < -0.3 is 10.2 Å². The van der Waals surface area contributed by atoms with Gasteiger partial charge in [0.1, 0.15) is 6.54 Å². The first-order valence-corrected chi connectivity index (χ1v) is 10.1. The summed E-state index contributed by atoms with van der Waals surface area (Å²) in [6, 6.07) is 13.1. The third-order valence-corrected chi connectivity index (χ3v) is 6.02. The number of nitrogens with one attached hydrogen (secondary N) is 1. The number of nitrogens with zero attached hydrogens (tertiary/aromatic N) is 2. The highest BCUT2D eigenvalue weighted by molar-refractivity contribution is 6.42. The molecule has 2 heterocycles. The van der Waals surface area contributed by atoms with Crippen LogP contribution in [0.25, 0.3) is 0 Å². The van der Waals surface area contributed by atoms with Gasteiger partial charge in [0.2, 0.25) is 11.8 Å². The van der Waals surface area contributed by atoms with E-state index in [1.807, 2.05) is 36.4 Å². The molecule has 146 valence electrons. The zero-order valence-corrected chi connectivity index (χ0v) is 16.8. The molecule has 0 bridgehead atoms. The topological polar surface area (TPSA) is 52.7 Å². The van der Waals surface area contributed by atoms with Crippen LogP contribution in [0.15, 0.2) is 42.5 Å². The van der Waals surface area contributed by atoms with Crippen molar-refractivity contribution < 1.29 is 9.59 Å². The lowest BCUT2D eigenvalue weighted by Crippen LogP contribution is -2.48. The predicted molar refractivity (Wildman–Crippen MR) is 112 cm³/mol. The maximum atomic E-state index is 13.2. The van der Waals surface area contributed by atoms with E-state index in [2.05, 4.69) is 10.2 Å². The van der Waals surface area contributed by atoms with E-state index < -0.39 is 0 Å². The van der Waals surface area contributed by atoms with Crippen molar-refractivity contribution in [2.45, 2.75) is 19.4 Å². The first kappa shape index (κ1) is 19.2. The van der Waals surface area contributed by atoms with E-state index in [9.17, 15) is 9.59 Å². The molecule has 1 saturated heterocycles. The van der Waals surface area contributed by atoms with E-state index in [4.69, 9.17) is 23.2 Å². The Morgan fingerprint density at radius 2 is 1.96 bits per heavy atom. The van der Waals surface area contributed by atoms with Crippen molar-refractivity contribution in [2.24, 2.45) is 5.92 Å². The molecule has 2 aliphatic rings. The molecular weight excluding hydrogens is 397 g/mol. The second-order valence-corrected chi connectivity index (χ2v) is 8.13. The lowest BCUT2D eigenvalue weighted by atomic mass is 9.95. The van der Waals surface area contributed by atoms with Crippen LogP contribution in [0.3, 0.4) is 0 Å². The number of anilines is 2. The van der Waals surface area contributed by atoms with Gasteiger partial charge in [-0.1, -0.05) is 41.4 Å². The number of benzene rings is 2. The zero-order chi connectivity index (χ0) is 19.7. The lowest BCUT2D eigenvalue weighted by Gasteiger charge is -2.36. The number of likely N-dealkylation sites (tertiary alicyclic amines) is 1. The molecule has 0 saturated carbocycles. The van der Waals surface area contributed by atoms with Crippen LogP contribution in [-0.2, 0) is 16.1 Å². The molecule has 1 fully saturated rings. The van der Waals surface area contributed by atoms with Gasteiger partial charge in [-0.05, 0) is 49.2 Å². The molecule has 2 amide bonds. The summed E-state index contributed by atoms with van der Waals surface area (Å²) in [4.78, 5) is 29.2. The fourth-order valence-corrected chi connectivity index (χ4v) is 4.27. The highest BCUT2D eigenvalue weighted by Gasteiger charge is 2.33. The van der Waals surface area contributed by atoms with Crippen LogP contribution in [-0.4, -0.2) is 36.3 Å². The van der Waals surface area contributed by atoms with Crippen LogP contribution in [0.5, 0.6) is 0 Å². The van der Waals surface area contributed by atoms with E-state index >= 15 is 0 Å². The fraction of sp³-hybridized carbons (Fsp3) is 0.333. The second-order valence-electron chi connectivity index (χ2n) is 7.31. The number of carbonyl (C=O) groups excluding carboxylic acids is 2. The SMILES string of the molecule is O=C1CN(C(=O)C2CCCN(Cc3ccc(Cl)c(Cl)c3)C2)c2ccccc2N1. The molecule has 5 nitrogen and oxygen atoms in total. The van der Waals surface area contributed by atoms with Gasteiger partial charge in [-0.2, -0.15) is 0 Å².